The highest BCUT2D eigenvalue weighted by Gasteiger charge is 2.26. The van der Waals surface area contributed by atoms with E-state index in [0.29, 0.717) is 24.9 Å². The lowest BCUT2D eigenvalue weighted by Crippen LogP contribution is -2.33. The van der Waals surface area contributed by atoms with Crippen molar-refractivity contribution >= 4 is 23.8 Å². The number of carbonyl (C=O) groups is 2. The number of hydrogen-bond donors (Lipinski definition) is 0. The lowest BCUT2D eigenvalue weighted by molar-refractivity contribution is 0.0273. The van der Waals surface area contributed by atoms with E-state index in [2.05, 4.69) is 148 Å². The summed E-state index contributed by atoms with van der Waals surface area (Å²) in [6.07, 6.45) is 23.6. The molecule has 14 heteroatoms. The van der Waals surface area contributed by atoms with Crippen molar-refractivity contribution in [3.63, 3.8) is 0 Å². The van der Waals surface area contributed by atoms with Gasteiger partial charge in [0.15, 0.2) is 0 Å². The first-order chi connectivity index (χ1) is 40.8. The van der Waals surface area contributed by atoms with Crippen molar-refractivity contribution in [2.24, 2.45) is 17.8 Å². The van der Waals surface area contributed by atoms with Gasteiger partial charge in [0.1, 0.15) is 22.8 Å². The molecule has 6 aromatic rings. The summed E-state index contributed by atoms with van der Waals surface area (Å²) >= 11 is 0. The lowest BCUT2D eigenvalue weighted by Gasteiger charge is -2.25. The fourth-order valence-corrected chi connectivity index (χ4v) is 12.1. The van der Waals surface area contributed by atoms with Crippen molar-refractivity contribution in [2.45, 2.75) is 227 Å². The van der Waals surface area contributed by atoms with Gasteiger partial charge in [0.2, 0.25) is 0 Å². The van der Waals surface area contributed by atoms with E-state index >= 15 is 0 Å². The van der Waals surface area contributed by atoms with Crippen molar-refractivity contribution in [3.8, 4) is 0 Å². The highest BCUT2D eigenvalue weighted by molar-refractivity contribution is 5.68. The molecule has 14 nitrogen and oxygen atoms in total. The minimum Gasteiger partial charge on any atom is -0.444 e. The van der Waals surface area contributed by atoms with Crippen LogP contribution >= 0.6 is 0 Å². The van der Waals surface area contributed by atoms with Gasteiger partial charge in [-0.15, -0.1) is 0 Å². The number of amides is 2. The van der Waals surface area contributed by atoms with Gasteiger partial charge in [-0.25, -0.2) is 19.0 Å². The molecule has 85 heavy (non-hydrogen) atoms. The average Bonchev–Trinajstić information content (AvgIpc) is 4.09. The molecule has 3 fully saturated rings. The lowest BCUT2D eigenvalue weighted by atomic mass is 9.89. The Hall–Kier alpha value is -6.57. The second-order valence-electron chi connectivity index (χ2n) is 26.8. The smallest absolute Gasteiger partial charge is 0.410 e. The number of aromatic nitrogens is 6. The maximum atomic E-state index is 12.4. The van der Waals surface area contributed by atoms with Crippen LogP contribution in [0.2, 0.25) is 0 Å². The van der Waals surface area contributed by atoms with E-state index in [0.717, 1.165) is 81.5 Å². The molecule has 3 aliphatic rings. The van der Waals surface area contributed by atoms with E-state index in [1.807, 2.05) is 47.6 Å². The van der Waals surface area contributed by atoms with E-state index in [1.54, 1.807) is 23.9 Å². The molecule has 0 bridgehead atoms. The van der Waals surface area contributed by atoms with Crippen LogP contribution in [0.1, 0.15) is 191 Å². The minimum absolute atomic E-state index is 0.310. The summed E-state index contributed by atoms with van der Waals surface area (Å²) in [6, 6.07) is 38.4. The fourth-order valence-electron chi connectivity index (χ4n) is 12.1. The van der Waals surface area contributed by atoms with Crippen molar-refractivity contribution in [1.29, 1.82) is 0 Å². The van der Waals surface area contributed by atoms with E-state index in [9.17, 15) is 9.59 Å². The summed E-state index contributed by atoms with van der Waals surface area (Å²) < 4.78 is 17.6. The molecule has 3 aromatic carbocycles. The highest BCUT2D eigenvalue weighted by atomic mass is 16.6. The summed E-state index contributed by atoms with van der Waals surface area (Å²) in [5, 5.41) is 14.7. The Morgan fingerprint density at radius 1 is 0.447 bits per heavy atom. The van der Waals surface area contributed by atoms with Gasteiger partial charge in [-0.1, -0.05) is 162 Å². The van der Waals surface area contributed by atoms with E-state index in [-0.39, 0.29) is 12.2 Å². The van der Waals surface area contributed by atoms with Crippen LogP contribution < -0.4 is 9.80 Å². The molecule has 3 saturated carbocycles. The van der Waals surface area contributed by atoms with Gasteiger partial charge in [-0.05, 0) is 140 Å². The van der Waals surface area contributed by atoms with Crippen molar-refractivity contribution < 1.29 is 19.1 Å². The Morgan fingerprint density at radius 2 is 0.800 bits per heavy atom. The second-order valence-corrected chi connectivity index (χ2v) is 26.8. The van der Waals surface area contributed by atoms with Gasteiger partial charge in [0.25, 0.3) is 0 Å². The number of carbonyl (C=O) groups excluding carboxylic acids is 2. The number of nitrogens with zero attached hydrogens (tertiary/aromatic N) is 10. The Kier molecular flexibility index (Phi) is 25.5. The minimum atomic E-state index is -0.507. The molecule has 0 aliphatic heterocycles. The number of rotatable bonds is 21. The van der Waals surface area contributed by atoms with Gasteiger partial charge in [0, 0.05) is 78.7 Å². The molecular weight excluding hydrogens is 1060 g/mol. The summed E-state index contributed by atoms with van der Waals surface area (Å²) in [5.74, 6) is 4.56. The number of hydrogen-bond acceptors (Lipinski definition) is 9. The Labute approximate surface area is 511 Å². The van der Waals surface area contributed by atoms with Crippen molar-refractivity contribution in [2.75, 3.05) is 38.0 Å². The van der Waals surface area contributed by atoms with Crippen LogP contribution in [-0.2, 0) is 74.5 Å². The zero-order valence-corrected chi connectivity index (χ0v) is 54.1. The summed E-state index contributed by atoms with van der Waals surface area (Å²) in [4.78, 5) is 32.6. The molecule has 0 spiro atoms. The van der Waals surface area contributed by atoms with Crippen molar-refractivity contribution in [1.82, 2.24) is 39.1 Å². The number of ether oxygens (including phenoxy) is 2. The zero-order valence-electron chi connectivity index (χ0n) is 54.1. The third kappa shape index (κ3) is 22.7. The topological polar surface area (TPSA) is 119 Å². The average molecular weight is 1160 g/mol. The SMILES string of the molecule is CCCc1cc(N(C)Cc2ccccc2)n(CC2CCCCC2)n1.CN(Cc1cc(CCc2ccccc2)n(CC2CCCCC2)n1)C(=O)OC(C)(C)C.CN(Cc1cc(N(C)Cc2ccccc2)n(CC2CCCCC2)n1)C(=O)OC(C)(C)C. The fraction of sp³-hybridized carbons (Fsp3) is 0.592. The third-order valence-electron chi connectivity index (χ3n) is 16.5. The Morgan fingerprint density at radius 3 is 1.20 bits per heavy atom. The number of aryl methyl sites for hydroxylation is 3. The van der Waals surface area contributed by atoms with Gasteiger partial charge in [-0.3, -0.25) is 4.68 Å². The van der Waals surface area contributed by atoms with E-state index in [1.165, 1.54) is 130 Å². The second kappa shape index (κ2) is 32.8. The largest absolute Gasteiger partial charge is 0.444 e. The normalized spacial score (nSPS) is 15.2. The summed E-state index contributed by atoms with van der Waals surface area (Å²) in [5.41, 5.74) is 7.28. The third-order valence-corrected chi connectivity index (χ3v) is 16.5. The van der Waals surface area contributed by atoms with Crippen LogP contribution in [0.4, 0.5) is 21.2 Å². The molecule has 9 rings (SSSR count). The van der Waals surface area contributed by atoms with Gasteiger partial charge in [-0.2, -0.15) is 15.3 Å². The molecule has 0 atom stereocenters. The summed E-state index contributed by atoms with van der Waals surface area (Å²) in [7, 11) is 7.85. The summed E-state index contributed by atoms with van der Waals surface area (Å²) in [6.45, 7) is 19.2. The molecule has 0 N–H and O–H groups in total. The molecule has 0 saturated heterocycles. The van der Waals surface area contributed by atoms with Crippen LogP contribution in [0, 0.1) is 17.8 Å². The molecule has 3 heterocycles. The monoisotopic (exact) mass is 1160 g/mol. The Bertz CT molecular complexity index is 2870. The van der Waals surface area contributed by atoms with Crippen LogP contribution in [0.3, 0.4) is 0 Å². The molecule has 2 amide bonds. The maximum absolute atomic E-state index is 12.4. The number of benzene rings is 3. The zero-order chi connectivity index (χ0) is 60.8. The van der Waals surface area contributed by atoms with Crippen LogP contribution in [0.25, 0.3) is 0 Å². The number of anilines is 2. The predicted octanol–water partition coefficient (Wildman–Crippen LogP) is 16.1. The van der Waals surface area contributed by atoms with Crippen LogP contribution in [0.15, 0.2) is 109 Å². The highest BCUT2D eigenvalue weighted by Crippen LogP contribution is 2.31. The predicted molar refractivity (Wildman–Crippen MR) is 347 cm³/mol. The van der Waals surface area contributed by atoms with Crippen molar-refractivity contribution in [3.05, 3.63) is 149 Å². The first-order valence-corrected chi connectivity index (χ1v) is 32.4. The Balaban J connectivity index is 0.000000184. The van der Waals surface area contributed by atoms with E-state index in [4.69, 9.17) is 24.8 Å². The van der Waals surface area contributed by atoms with Crippen LogP contribution in [0.5, 0.6) is 0 Å². The molecule has 464 valence electrons. The molecule has 0 unspecified atom stereocenters. The van der Waals surface area contributed by atoms with Gasteiger partial charge in [0.05, 0.1) is 30.2 Å². The molecule has 3 aliphatic carbocycles. The maximum Gasteiger partial charge on any atom is 0.410 e. The molecule has 3 aromatic heterocycles. The molecular formula is C71H106N10O4. The van der Waals surface area contributed by atoms with Gasteiger partial charge >= 0.3 is 12.2 Å². The van der Waals surface area contributed by atoms with Crippen LogP contribution in [-0.4, -0.2) is 90.7 Å². The standard InChI is InChI=1S/C25H38N4O2.C25H37N3O2.C21H31N3/c1-25(2,3)31-24(30)28(5)19-22-16-23(27(4)17-20-12-8-6-9-13-20)29(26-22)18-21-14-10-7-11-15-21;1-25(2,3)30-24(29)27(4)19-22-17-23(16-15-20-11-7-5-8-12-20)28(26-22)18-21-13-9-6-10-14-21;1-3-10-20-15-21(23(2)16-18-11-6-4-7-12-18)24(22-20)17-19-13-8-5-9-14-19/h6,8-9,12-13,16,21H,7,10-11,14-15,17-19H2,1-5H3;5,7-8,11-12,17,21H,6,9-10,13-16,18-19H2,1-4H3;4,6-7,11-12,15,19H,3,5,8-10,13-14,16-17H2,1-2H3. The quantitative estimate of drug-likeness (QED) is 0.0694. The molecule has 0 radical (unpaired) electrons. The van der Waals surface area contributed by atoms with Gasteiger partial charge < -0.3 is 29.1 Å². The van der Waals surface area contributed by atoms with E-state index < -0.39 is 11.2 Å². The first kappa shape index (κ1) is 66.0. The first-order valence-electron chi connectivity index (χ1n) is 32.4.